The Hall–Kier alpha value is -0.860. The van der Waals surface area contributed by atoms with Crippen molar-refractivity contribution in [3.05, 3.63) is 18.3 Å². The van der Waals surface area contributed by atoms with Crippen LogP contribution in [0.4, 0.5) is 4.39 Å². The standard InChI is InChI=1S/C3HFNO/c4-3-1-2-5-6-3/h2H. The molecule has 0 bridgehead atoms. The largest absolute Gasteiger partial charge is 0.325 e. The van der Waals surface area contributed by atoms with Crippen molar-refractivity contribution >= 4 is 0 Å². The number of hydrogen-bond donors (Lipinski definition) is 0. The van der Waals surface area contributed by atoms with E-state index in [1.165, 1.54) is 0 Å². The second-order valence-electron chi connectivity index (χ2n) is 0.744. The monoisotopic (exact) mass is 86.0 g/mol. The molecule has 0 aliphatic heterocycles. The van der Waals surface area contributed by atoms with E-state index in [-0.39, 0.29) is 0 Å². The second kappa shape index (κ2) is 1.08. The van der Waals surface area contributed by atoms with Crippen molar-refractivity contribution in [3.8, 4) is 0 Å². The van der Waals surface area contributed by atoms with Crippen LogP contribution in [0.15, 0.2) is 10.7 Å². The Labute approximate surface area is 33.6 Å². The zero-order valence-corrected chi connectivity index (χ0v) is 2.81. The van der Waals surface area contributed by atoms with Gasteiger partial charge in [-0.2, -0.15) is 4.39 Å². The Kier molecular flexibility index (Phi) is 0.602. The summed E-state index contributed by atoms with van der Waals surface area (Å²) in [5, 5.41) is 3.02. The normalized spacial score (nSPS) is 8.83. The molecule has 0 aromatic carbocycles. The molecule has 1 radical (unpaired) electrons. The molecular formula is C3HFNO. The minimum absolute atomic E-state index is 0.769. The van der Waals surface area contributed by atoms with Crippen molar-refractivity contribution in [1.29, 1.82) is 0 Å². The van der Waals surface area contributed by atoms with Gasteiger partial charge in [0.25, 0.3) is 0 Å². The highest BCUT2D eigenvalue weighted by Crippen LogP contribution is 1.86. The van der Waals surface area contributed by atoms with E-state index >= 15 is 0 Å². The number of hydrogen-bond acceptors (Lipinski definition) is 2. The summed E-state index contributed by atoms with van der Waals surface area (Å²) in [7, 11) is 0. The van der Waals surface area contributed by atoms with Crippen molar-refractivity contribution < 1.29 is 8.91 Å². The van der Waals surface area contributed by atoms with Crippen LogP contribution in [0.3, 0.4) is 0 Å². The van der Waals surface area contributed by atoms with E-state index in [1.54, 1.807) is 0 Å². The molecule has 0 amide bonds. The van der Waals surface area contributed by atoms with Crippen LogP contribution in [0.5, 0.6) is 0 Å². The highest BCUT2D eigenvalue weighted by molar-refractivity contribution is 4.68. The number of halogens is 1. The molecule has 1 aromatic heterocycles. The van der Waals surface area contributed by atoms with Gasteiger partial charge in [-0.3, -0.25) is 0 Å². The minimum atomic E-state index is -0.769. The summed E-state index contributed by atoms with van der Waals surface area (Å²) in [6.07, 6.45) is 1.12. The number of rotatable bonds is 0. The van der Waals surface area contributed by atoms with Gasteiger partial charge >= 0.3 is 6.01 Å². The van der Waals surface area contributed by atoms with Gasteiger partial charge in [-0.15, -0.1) is 0 Å². The van der Waals surface area contributed by atoms with Gasteiger partial charge in [0.05, 0.1) is 12.3 Å². The van der Waals surface area contributed by atoms with Crippen LogP contribution in [0.25, 0.3) is 0 Å². The van der Waals surface area contributed by atoms with Crippen LogP contribution >= 0.6 is 0 Å². The van der Waals surface area contributed by atoms with Gasteiger partial charge in [0.2, 0.25) is 0 Å². The predicted octanol–water partition coefficient (Wildman–Crippen LogP) is 0.614. The highest BCUT2D eigenvalue weighted by Gasteiger charge is 1.85. The molecule has 1 heterocycles. The average molecular weight is 86.0 g/mol. The average Bonchev–Trinajstić information content (AvgIpc) is 1.86. The second-order valence-corrected chi connectivity index (χ2v) is 0.744. The Bertz CT molecular complexity index is 114. The molecule has 0 saturated heterocycles. The molecular weight excluding hydrogens is 85.0 g/mol. The van der Waals surface area contributed by atoms with Crippen LogP contribution in [0.2, 0.25) is 0 Å². The van der Waals surface area contributed by atoms with Gasteiger partial charge in [0.1, 0.15) is 0 Å². The minimum Gasteiger partial charge on any atom is -0.325 e. The summed E-state index contributed by atoms with van der Waals surface area (Å²) in [4.78, 5) is 0. The zero-order chi connectivity index (χ0) is 4.41. The maximum Gasteiger partial charge on any atom is 0.314 e. The van der Waals surface area contributed by atoms with E-state index in [2.05, 4.69) is 15.7 Å². The van der Waals surface area contributed by atoms with Crippen LogP contribution in [0.1, 0.15) is 0 Å². The third-order valence-corrected chi connectivity index (χ3v) is 0.364. The van der Waals surface area contributed by atoms with Crippen molar-refractivity contribution in [3.63, 3.8) is 0 Å². The summed E-state index contributed by atoms with van der Waals surface area (Å²) in [5.74, 6) is 0. The van der Waals surface area contributed by atoms with Gasteiger partial charge in [-0.25, -0.2) is 0 Å². The quantitative estimate of drug-likeness (QED) is 0.462. The number of aromatic nitrogens is 1. The third-order valence-electron chi connectivity index (χ3n) is 0.364. The molecule has 1 aromatic rings. The highest BCUT2D eigenvalue weighted by atomic mass is 19.1. The molecule has 0 N–H and O–H groups in total. The first-order valence-electron chi connectivity index (χ1n) is 1.37. The van der Waals surface area contributed by atoms with Gasteiger partial charge in [0, 0.05) is 0 Å². The Morgan fingerprint density at radius 1 is 2.00 bits per heavy atom. The maximum atomic E-state index is 11.4. The number of nitrogens with zero attached hydrogens (tertiary/aromatic N) is 1. The van der Waals surface area contributed by atoms with E-state index in [0.29, 0.717) is 0 Å². The fourth-order valence-electron chi connectivity index (χ4n) is 0.176. The lowest BCUT2D eigenvalue weighted by Gasteiger charge is -1.59. The fourth-order valence-corrected chi connectivity index (χ4v) is 0.176. The first-order chi connectivity index (χ1) is 2.89. The molecule has 0 spiro atoms. The summed E-state index contributed by atoms with van der Waals surface area (Å²) >= 11 is 0. The SMILES string of the molecule is Fc1[c]cno1. The summed E-state index contributed by atoms with van der Waals surface area (Å²) in [5.41, 5.74) is 0. The van der Waals surface area contributed by atoms with Crippen LogP contribution in [-0.2, 0) is 0 Å². The molecule has 0 saturated carbocycles. The van der Waals surface area contributed by atoms with Crippen molar-refractivity contribution in [2.45, 2.75) is 0 Å². The lowest BCUT2D eigenvalue weighted by molar-refractivity contribution is 0.281. The molecule has 1 rings (SSSR count). The van der Waals surface area contributed by atoms with Crippen molar-refractivity contribution in [1.82, 2.24) is 5.16 Å². The van der Waals surface area contributed by atoms with Gasteiger partial charge < -0.3 is 4.52 Å². The van der Waals surface area contributed by atoms with Crippen LogP contribution < -0.4 is 0 Å². The van der Waals surface area contributed by atoms with E-state index in [0.717, 1.165) is 6.20 Å². The maximum absolute atomic E-state index is 11.4. The van der Waals surface area contributed by atoms with E-state index in [9.17, 15) is 4.39 Å². The van der Waals surface area contributed by atoms with E-state index in [4.69, 9.17) is 0 Å². The van der Waals surface area contributed by atoms with E-state index in [1.807, 2.05) is 0 Å². The summed E-state index contributed by atoms with van der Waals surface area (Å²) in [6, 6.07) is 1.29. The molecule has 0 unspecified atom stereocenters. The Balaban J connectivity index is 3.05. The first kappa shape index (κ1) is 3.33. The summed E-state index contributed by atoms with van der Waals surface area (Å²) in [6.45, 7) is 0. The zero-order valence-electron chi connectivity index (χ0n) is 2.81. The smallest absolute Gasteiger partial charge is 0.314 e. The molecule has 2 nitrogen and oxygen atoms in total. The van der Waals surface area contributed by atoms with Crippen LogP contribution in [-0.4, -0.2) is 5.16 Å². The first-order valence-corrected chi connectivity index (χ1v) is 1.37. The van der Waals surface area contributed by atoms with Gasteiger partial charge in [0.15, 0.2) is 0 Å². The predicted molar refractivity (Wildman–Crippen MR) is 15.3 cm³/mol. The molecule has 6 heavy (non-hydrogen) atoms. The molecule has 0 aliphatic carbocycles. The molecule has 0 aliphatic rings. The molecule has 0 atom stereocenters. The van der Waals surface area contributed by atoms with E-state index < -0.39 is 6.01 Å². The fraction of sp³-hybridized carbons (Fsp3) is 0. The Morgan fingerprint density at radius 3 is 3.00 bits per heavy atom. The topological polar surface area (TPSA) is 26.0 Å². The molecule has 31 valence electrons. The van der Waals surface area contributed by atoms with Crippen LogP contribution in [0, 0.1) is 12.1 Å². The summed E-state index contributed by atoms with van der Waals surface area (Å²) < 4.78 is 15.2. The lowest BCUT2D eigenvalue weighted by Crippen LogP contribution is -1.52. The van der Waals surface area contributed by atoms with Crippen molar-refractivity contribution in [2.24, 2.45) is 0 Å². The molecule has 0 fully saturated rings. The lowest BCUT2D eigenvalue weighted by atomic mass is 10.8. The van der Waals surface area contributed by atoms with Gasteiger partial charge in [-0.1, -0.05) is 5.16 Å². The van der Waals surface area contributed by atoms with Crippen molar-refractivity contribution in [2.75, 3.05) is 0 Å². The third kappa shape index (κ3) is 0.381. The van der Waals surface area contributed by atoms with Gasteiger partial charge in [-0.05, 0) is 0 Å². The Morgan fingerprint density at radius 2 is 2.83 bits per heavy atom. The molecule has 3 heteroatoms.